The summed E-state index contributed by atoms with van der Waals surface area (Å²) in [5.74, 6) is 1.24. The number of carbonyl (C=O) groups excluding carboxylic acids is 1. The molecule has 4 heteroatoms. The fourth-order valence-electron chi connectivity index (χ4n) is 2.48. The van der Waals surface area contributed by atoms with Crippen LogP contribution in [0.5, 0.6) is 5.75 Å². The van der Waals surface area contributed by atoms with Crippen LogP contribution < -0.4 is 10.1 Å². The molecule has 1 aromatic rings. The van der Waals surface area contributed by atoms with E-state index in [4.69, 9.17) is 4.74 Å². The Morgan fingerprint density at radius 2 is 2.11 bits per heavy atom. The number of ether oxygens (including phenoxy) is 1. The number of benzene rings is 1. The lowest BCUT2D eigenvalue weighted by molar-refractivity contribution is -0.124. The van der Waals surface area contributed by atoms with Crippen LogP contribution in [0.3, 0.4) is 0 Å². The Morgan fingerprint density at radius 1 is 1.37 bits per heavy atom. The second-order valence-corrected chi connectivity index (χ2v) is 6.01. The molecule has 1 N–H and O–H groups in total. The van der Waals surface area contributed by atoms with Gasteiger partial charge in [-0.1, -0.05) is 31.9 Å². The third-order valence-electron chi connectivity index (χ3n) is 3.65. The number of hydrogen-bond acceptors (Lipinski definition) is 2. The zero-order chi connectivity index (χ0) is 13.7. The van der Waals surface area contributed by atoms with Crippen LogP contribution in [-0.2, 0) is 4.79 Å². The zero-order valence-corrected chi connectivity index (χ0v) is 12.8. The van der Waals surface area contributed by atoms with Crippen LogP contribution in [0.1, 0.15) is 32.6 Å². The molecule has 1 saturated carbocycles. The first-order valence-corrected chi connectivity index (χ1v) is 7.63. The second-order valence-electron chi connectivity index (χ2n) is 5.15. The molecule has 1 aliphatic carbocycles. The highest BCUT2D eigenvalue weighted by Crippen LogP contribution is 2.25. The molecule has 3 nitrogen and oxygen atoms in total. The maximum atomic E-state index is 11.9. The molecule has 0 saturated heterocycles. The Kier molecular flexibility index (Phi) is 5.25. The summed E-state index contributed by atoms with van der Waals surface area (Å²) in [6.45, 7) is 2.28. The fraction of sp³-hybridized carbons (Fsp3) is 0.533. The van der Waals surface area contributed by atoms with Gasteiger partial charge in [-0.3, -0.25) is 4.79 Å². The predicted molar refractivity (Wildman–Crippen MR) is 79.2 cm³/mol. The average Bonchev–Trinajstić information content (AvgIpc) is 2.40. The molecule has 0 unspecified atom stereocenters. The molecular weight excluding hydrogens is 306 g/mol. The van der Waals surface area contributed by atoms with E-state index in [-0.39, 0.29) is 12.5 Å². The molecule has 1 amide bonds. The van der Waals surface area contributed by atoms with Gasteiger partial charge in [0, 0.05) is 6.04 Å². The maximum Gasteiger partial charge on any atom is 0.258 e. The van der Waals surface area contributed by atoms with Crippen molar-refractivity contribution in [3.05, 3.63) is 28.7 Å². The predicted octanol–water partition coefficient (Wildman–Crippen LogP) is 3.52. The molecule has 0 spiro atoms. The average molecular weight is 326 g/mol. The summed E-state index contributed by atoms with van der Waals surface area (Å²) < 4.78 is 6.39. The van der Waals surface area contributed by atoms with Crippen LogP contribution in [0.2, 0.25) is 0 Å². The summed E-state index contributed by atoms with van der Waals surface area (Å²) in [5, 5.41) is 3.08. The molecular formula is C15H20BrNO2. The third kappa shape index (κ3) is 4.23. The Morgan fingerprint density at radius 3 is 2.84 bits per heavy atom. The number of halogens is 1. The topological polar surface area (TPSA) is 38.3 Å². The second kappa shape index (κ2) is 6.94. The molecule has 19 heavy (non-hydrogen) atoms. The van der Waals surface area contributed by atoms with Gasteiger partial charge in [-0.05, 0) is 46.8 Å². The zero-order valence-electron chi connectivity index (χ0n) is 11.2. The van der Waals surface area contributed by atoms with Gasteiger partial charge in [0.2, 0.25) is 0 Å². The van der Waals surface area contributed by atoms with Gasteiger partial charge >= 0.3 is 0 Å². The van der Waals surface area contributed by atoms with E-state index in [1.165, 1.54) is 19.3 Å². The molecule has 0 bridgehead atoms. The molecule has 1 aliphatic rings. The van der Waals surface area contributed by atoms with Crippen molar-refractivity contribution in [2.75, 3.05) is 6.61 Å². The Balaban J connectivity index is 1.80. The van der Waals surface area contributed by atoms with E-state index in [1.807, 2.05) is 24.3 Å². The first-order chi connectivity index (χ1) is 9.16. The monoisotopic (exact) mass is 325 g/mol. The van der Waals surface area contributed by atoms with Crippen LogP contribution in [0.15, 0.2) is 28.7 Å². The molecule has 2 rings (SSSR count). The van der Waals surface area contributed by atoms with Crippen molar-refractivity contribution in [2.24, 2.45) is 5.92 Å². The normalized spacial score (nSPS) is 22.8. The quantitative estimate of drug-likeness (QED) is 0.919. The van der Waals surface area contributed by atoms with E-state index in [2.05, 4.69) is 28.2 Å². The van der Waals surface area contributed by atoms with E-state index in [0.29, 0.717) is 17.7 Å². The van der Waals surface area contributed by atoms with E-state index >= 15 is 0 Å². The molecule has 0 aromatic heterocycles. The Labute approximate surface area is 122 Å². The van der Waals surface area contributed by atoms with E-state index in [1.54, 1.807) is 0 Å². The lowest BCUT2D eigenvalue weighted by Crippen LogP contribution is -2.43. The molecule has 1 aromatic carbocycles. The lowest BCUT2D eigenvalue weighted by atomic mass is 9.86. The number of rotatable bonds is 4. The van der Waals surface area contributed by atoms with Crippen molar-refractivity contribution < 1.29 is 9.53 Å². The molecule has 104 valence electrons. The standard InChI is InChI=1S/C15H20BrNO2/c1-11-6-2-4-8-13(11)17-15(18)10-19-14-9-5-3-7-12(14)16/h3,5,7,9,11,13H,2,4,6,8,10H2,1H3,(H,17,18)/t11-,13+/m0/s1. The van der Waals surface area contributed by atoms with E-state index in [0.717, 1.165) is 10.9 Å². The molecule has 0 radical (unpaired) electrons. The van der Waals surface area contributed by atoms with Gasteiger partial charge in [0.25, 0.3) is 5.91 Å². The molecule has 0 heterocycles. The van der Waals surface area contributed by atoms with Crippen LogP contribution in [0, 0.1) is 5.92 Å². The number of carbonyl (C=O) groups is 1. The summed E-state index contributed by atoms with van der Waals surface area (Å²) in [5.41, 5.74) is 0. The maximum absolute atomic E-state index is 11.9. The van der Waals surface area contributed by atoms with Crippen molar-refractivity contribution in [2.45, 2.75) is 38.6 Å². The van der Waals surface area contributed by atoms with E-state index < -0.39 is 0 Å². The summed E-state index contributed by atoms with van der Waals surface area (Å²) >= 11 is 3.40. The number of nitrogens with one attached hydrogen (secondary N) is 1. The molecule has 2 atom stereocenters. The highest BCUT2D eigenvalue weighted by molar-refractivity contribution is 9.10. The molecule has 1 fully saturated rings. The van der Waals surface area contributed by atoms with Crippen molar-refractivity contribution >= 4 is 21.8 Å². The van der Waals surface area contributed by atoms with Gasteiger partial charge < -0.3 is 10.1 Å². The highest BCUT2D eigenvalue weighted by Gasteiger charge is 2.22. The fourth-order valence-corrected chi connectivity index (χ4v) is 2.88. The van der Waals surface area contributed by atoms with Crippen molar-refractivity contribution in [3.63, 3.8) is 0 Å². The minimum Gasteiger partial charge on any atom is -0.483 e. The number of hydrogen-bond donors (Lipinski definition) is 1. The van der Waals surface area contributed by atoms with Crippen LogP contribution in [0.4, 0.5) is 0 Å². The summed E-state index contributed by atoms with van der Waals surface area (Å²) in [6, 6.07) is 7.86. The molecule has 0 aliphatic heterocycles. The van der Waals surface area contributed by atoms with Gasteiger partial charge in [-0.2, -0.15) is 0 Å². The van der Waals surface area contributed by atoms with Gasteiger partial charge in [0.05, 0.1) is 4.47 Å². The minimum atomic E-state index is -0.0329. The largest absolute Gasteiger partial charge is 0.483 e. The SMILES string of the molecule is C[C@H]1CCCC[C@H]1NC(=O)COc1ccccc1Br. The lowest BCUT2D eigenvalue weighted by Gasteiger charge is -2.29. The van der Waals surface area contributed by atoms with Gasteiger partial charge in [0.1, 0.15) is 5.75 Å². The summed E-state index contributed by atoms with van der Waals surface area (Å²) in [4.78, 5) is 11.9. The number of amides is 1. The van der Waals surface area contributed by atoms with Crippen molar-refractivity contribution in [3.8, 4) is 5.75 Å². The first-order valence-electron chi connectivity index (χ1n) is 6.83. The first kappa shape index (κ1) is 14.4. The summed E-state index contributed by atoms with van der Waals surface area (Å²) in [7, 11) is 0. The van der Waals surface area contributed by atoms with Gasteiger partial charge in [-0.15, -0.1) is 0 Å². The Bertz CT molecular complexity index is 436. The van der Waals surface area contributed by atoms with Gasteiger partial charge in [0.15, 0.2) is 6.61 Å². The van der Waals surface area contributed by atoms with Crippen LogP contribution in [0.25, 0.3) is 0 Å². The van der Waals surface area contributed by atoms with E-state index in [9.17, 15) is 4.79 Å². The van der Waals surface area contributed by atoms with Crippen molar-refractivity contribution in [1.82, 2.24) is 5.32 Å². The minimum absolute atomic E-state index is 0.0329. The highest BCUT2D eigenvalue weighted by atomic mass is 79.9. The summed E-state index contributed by atoms with van der Waals surface area (Å²) in [6.07, 6.45) is 4.78. The van der Waals surface area contributed by atoms with Crippen LogP contribution >= 0.6 is 15.9 Å². The van der Waals surface area contributed by atoms with Crippen LogP contribution in [-0.4, -0.2) is 18.6 Å². The number of para-hydroxylation sites is 1. The third-order valence-corrected chi connectivity index (χ3v) is 4.31. The smallest absolute Gasteiger partial charge is 0.258 e. The van der Waals surface area contributed by atoms with Crippen molar-refractivity contribution in [1.29, 1.82) is 0 Å². The Hall–Kier alpha value is -1.03. The van der Waals surface area contributed by atoms with Gasteiger partial charge in [-0.25, -0.2) is 0 Å².